The van der Waals surface area contributed by atoms with Gasteiger partial charge in [0.15, 0.2) is 0 Å². The predicted molar refractivity (Wildman–Crippen MR) is 86.1 cm³/mol. The Bertz CT molecular complexity index is 443. The molecule has 0 bridgehead atoms. The lowest BCUT2D eigenvalue weighted by molar-refractivity contribution is 0.225. The fourth-order valence-corrected chi connectivity index (χ4v) is 4.14. The summed E-state index contributed by atoms with van der Waals surface area (Å²) < 4.78 is 0. The van der Waals surface area contributed by atoms with Crippen molar-refractivity contribution in [3.63, 3.8) is 0 Å². The van der Waals surface area contributed by atoms with Crippen LogP contribution in [0.4, 0.5) is 5.69 Å². The second-order valence-electron chi connectivity index (χ2n) is 6.72. The molecule has 0 spiro atoms. The lowest BCUT2D eigenvalue weighted by Gasteiger charge is -2.37. The van der Waals surface area contributed by atoms with Crippen LogP contribution in [0.5, 0.6) is 0 Å². The third kappa shape index (κ3) is 2.85. The number of nitrogens with two attached hydrogens (primary N) is 1. The molecule has 1 aliphatic heterocycles. The minimum absolute atomic E-state index is 0.413. The Hall–Kier alpha value is -1.02. The van der Waals surface area contributed by atoms with Gasteiger partial charge in [-0.05, 0) is 49.1 Å². The van der Waals surface area contributed by atoms with E-state index in [0.29, 0.717) is 12.0 Å². The fraction of sp³-hybridized carbons (Fsp3) is 0.667. The maximum atomic E-state index is 6.41. The molecule has 2 aliphatic rings. The van der Waals surface area contributed by atoms with Crippen molar-refractivity contribution in [2.45, 2.75) is 51.5 Å². The molecule has 1 aromatic carbocycles. The van der Waals surface area contributed by atoms with Crippen molar-refractivity contribution in [2.24, 2.45) is 17.6 Å². The van der Waals surface area contributed by atoms with E-state index in [9.17, 15) is 0 Å². The predicted octanol–water partition coefficient (Wildman–Crippen LogP) is 3.59. The van der Waals surface area contributed by atoms with Gasteiger partial charge in [-0.25, -0.2) is 0 Å². The molecule has 3 unspecified atom stereocenters. The van der Waals surface area contributed by atoms with E-state index in [0.717, 1.165) is 5.92 Å². The van der Waals surface area contributed by atoms with Crippen LogP contribution in [0.25, 0.3) is 0 Å². The number of hydrogen-bond acceptors (Lipinski definition) is 2. The van der Waals surface area contributed by atoms with E-state index < -0.39 is 0 Å². The van der Waals surface area contributed by atoms with Gasteiger partial charge in [0.2, 0.25) is 0 Å². The van der Waals surface area contributed by atoms with Gasteiger partial charge in [0.1, 0.15) is 0 Å². The quantitative estimate of drug-likeness (QED) is 0.907. The smallest absolute Gasteiger partial charge is 0.0399 e. The first-order chi connectivity index (χ1) is 9.78. The highest BCUT2D eigenvalue weighted by Crippen LogP contribution is 2.34. The average Bonchev–Trinajstić information content (AvgIpc) is 2.86. The Kier molecular flexibility index (Phi) is 4.30. The summed E-state index contributed by atoms with van der Waals surface area (Å²) in [5, 5.41) is 0. The molecule has 2 N–H and O–H groups in total. The second-order valence-corrected chi connectivity index (χ2v) is 6.72. The molecule has 3 atom stereocenters. The SMILES string of the molecule is CCCC1CCC(N)C(CN2CCc3ccccc32)C1. The maximum Gasteiger partial charge on any atom is 0.0399 e. The molecule has 0 saturated heterocycles. The molecule has 20 heavy (non-hydrogen) atoms. The molecule has 0 radical (unpaired) electrons. The van der Waals surface area contributed by atoms with Crippen LogP contribution in [-0.2, 0) is 6.42 Å². The summed E-state index contributed by atoms with van der Waals surface area (Å²) in [6.07, 6.45) is 7.83. The number of rotatable bonds is 4. The van der Waals surface area contributed by atoms with E-state index in [1.807, 2.05) is 0 Å². The third-order valence-electron chi connectivity index (χ3n) is 5.29. The Labute approximate surface area is 123 Å². The number of anilines is 1. The van der Waals surface area contributed by atoms with Crippen LogP contribution in [0.3, 0.4) is 0 Å². The van der Waals surface area contributed by atoms with E-state index in [4.69, 9.17) is 5.73 Å². The largest absolute Gasteiger partial charge is 0.371 e. The van der Waals surface area contributed by atoms with Crippen LogP contribution in [-0.4, -0.2) is 19.1 Å². The summed E-state index contributed by atoms with van der Waals surface area (Å²) in [6.45, 7) is 4.65. The lowest BCUT2D eigenvalue weighted by Crippen LogP contribution is -2.42. The molecule has 3 rings (SSSR count). The summed E-state index contributed by atoms with van der Waals surface area (Å²) in [5.74, 6) is 1.61. The minimum Gasteiger partial charge on any atom is -0.371 e. The number of fused-ring (bicyclic) bond motifs is 1. The number of hydrogen-bond donors (Lipinski definition) is 1. The summed E-state index contributed by atoms with van der Waals surface area (Å²) in [6, 6.07) is 9.29. The van der Waals surface area contributed by atoms with E-state index in [2.05, 4.69) is 36.1 Å². The lowest BCUT2D eigenvalue weighted by atomic mass is 9.76. The van der Waals surface area contributed by atoms with Gasteiger partial charge < -0.3 is 10.6 Å². The third-order valence-corrected chi connectivity index (χ3v) is 5.29. The van der Waals surface area contributed by atoms with Crippen LogP contribution < -0.4 is 10.6 Å². The van der Waals surface area contributed by atoms with Gasteiger partial charge >= 0.3 is 0 Å². The van der Waals surface area contributed by atoms with Gasteiger partial charge in [-0.1, -0.05) is 38.0 Å². The van der Waals surface area contributed by atoms with Crippen LogP contribution in [0.2, 0.25) is 0 Å². The highest BCUT2D eigenvalue weighted by atomic mass is 15.2. The van der Waals surface area contributed by atoms with Crippen molar-refractivity contribution in [1.29, 1.82) is 0 Å². The zero-order valence-corrected chi connectivity index (χ0v) is 12.7. The topological polar surface area (TPSA) is 29.3 Å². The average molecular weight is 272 g/mol. The molecule has 110 valence electrons. The van der Waals surface area contributed by atoms with Crippen molar-refractivity contribution in [3.05, 3.63) is 29.8 Å². The molecule has 1 aliphatic carbocycles. The molecule has 2 nitrogen and oxygen atoms in total. The molecular formula is C18H28N2. The molecule has 2 heteroatoms. The first-order valence-corrected chi connectivity index (χ1v) is 8.36. The molecule has 1 aromatic rings. The summed E-state index contributed by atoms with van der Waals surface area (Å²) in [4.78, 5) is 2.58. The molecule has 0 amide bonds. The standard InChI is InChI=1S/C18H28N2/c1-2-5-14-8-9-17(19)16(12-14)13-20-11-10-15-6-3-4-7-18(15)20/h3-4,6-7,14,16-17H,2,5,8-13,19H2,1H3. The highest BCUT2D eigenvalue weighted by molar-refractivity contribution is 5.57. The van der Waals surface area contributed by atoms with E-state index in [-0.39, 0.29) is 0 Å². The van der Waals surface area contributed by atoms with Crippen LogP contribution in [0.1, 0.15) is 44.6 Å². The number of benzene rings is 1. The van der Waals surface area contributed by atoms with E-state index >= 15 is 0 Å². The molecule has 1 heterocycles. The normalized spacial score (nSPS) is 29.5. The Morgan fingerprint density at radius 1 is 1.25 bits per heavy atom. The zero-order chi connectivity index (χ0) is 13.9. The van der Waals surface area contributed by atoms with Crippen molar-refractivity contribution in [1.82, 2.24) is 0 Å². The monoisotopic (exact) mass is 272 g/mol. The van der Waals surface area contributed by atoms with Gasteiger partial charge in [0.25, 0.3) is 0 Å². The van der Waals surface area contributed by atoms with E-state index in [1.165, 1.54) is 62.9 Å². The first kappa shape index (κ1) is 13.9. The zero-order valence-electron chi connectivity index (χ0n) is 12.7. The molecule has 0 aromatic heterocycles. The second kappa shape index (κ2) is 6.17. The highest BCUT2D eigenvalue weighted by Gasteiger charge is 2.30. The van der Waals surface area contributed by atoms with Gasteiger partial charge in [-0.2, -0.15) is 0 Å². The molecule has 1 fully saturated rings. The minimum atomic E-state index is 0.413. The maximum absolute atomic E-state index is 6.41. The summed E-state index contributed by atoms with van der Waals surface area (Å²) in [7, 11) is 0. The Balaban J connectivity index is 1.65. The summed E-state index contributed by atoms with van der Waals surface area (Å²) in [5.41, 5.74) is 9.38. The number of para-hydroxylation sites is 1. The van der Waals surface area contributed by atoms with Gasteiger partial charge in [0, 0.05) is 24.8 Å². The van der Waals surface area contributed by atoms with Crippen molar-refractivity contribution >= 4 is 5.69 Å². The molecular weight excluding hydrogens is 244 g/mol. The Morgan fingerprint density at radius 3 is 2.95 bits per heavy atom. The van der Waals surface area contributed by atoms with Crippen LogP contribution in [0, 0.1) is 11.8 Å². The van der Waals surface area contributed by atoms with Gasteiger partial charge in [-0.3, -0.25) is 0 Å². The van der Waals surface area contributed by atoms with E-state index in [1.54, 1.807) is 0 Å². The van der Waals surface area contributed by atoms with Gasteiger partial charge in [-0.15, -0.1) is 0 Å². The van der Waals surface area contributed by atoms with Crippen LogP contribution >= 0.6 is 0 Å². The fourth-order valence-electron chi connectivity index (χ4n) is 4.14. The van der Waals surface area contributed by atoms with Crippen molar-refractivity contribution in [2.75, 3.05) is 18.0 Å². The van der Waals surface area contributed by atoms with Gasteiger partial charge in [0.05, 0.1) is 0 Å². The molecule has 1 saturated carbocycles. The first-order valence-electron chi connectivity index (χ1n) is 8.36. The summed E-state index contributed by atoms with van der Waals surface area (Å²) >= 11 is 0. The van der Waals surface area contributed by atoms with Crippen molar-refractivity contribution < 1.29 is 0 Å². The van der Waals surface area contributed by atoms with Crippen molar-refractivity contribution in [3.8, 4) is 0 Å². The van der Waals surface area contributed by atoms with Crippen LogP contribution in [0.15, 0.2) is 24.3 Å². The Morgan fingerprint density at radius 2 is 2.10 bits per heavy atom. The number of nitrogens with zero attached hydrogens (tertiary/aromatic N) is 1.